The lowest BCUT2D eigenvalue weighted by Crippen LogP contribution is -2.40. The van der Waals surface area contributed by atoms with Gasteiger partial charge in [-0.2, -0.15) is 0 Å². The molecule has 1 amide bonds. The zero-order chi connectivity index (χ0) is 15.6. The fourth-order valence-electron chi connectivity index (χ4n) is 2.65. The van der Waals surface area contributed by atoms with Crippen LogP contribution >= 0.6 is 11.3 Å². The van der Waals surface area contributed by atoms with Gasteiger partial charge in [0, 0.05) is 19.1 Å². The third-order valence-corrected chi connectivity index (χ3v) is 4.72. The van der Waals surface area contributed by atoms with Crippen LogP contribution in [0.2, 0.25) is 0 Å². The topological polar surface area (TPSA) is 79.5 Å². The minimum atomic E-state index is -0.0106. The van der Waals surface area contributed by atoms with Crippen LogP contribution in [0.15, 0.2) is 22.5 Å². The molecule has 1 aliphatic rings. The number of thiophene rings is 1. The van der Waals surface area contributed by atoms with Crippen LogP contribution < -0.4 is 16.4 Å². The van der Waals surface area contributed by atoms with Crippen molar-refractivity contribution >= 4 is 23.2 Å². The first-order valence-corrected chi connectivity index (χ1v) is 9.02. The minimum absolute atomic E-state index is 0.0106. The van der Waals surface area contributed by atoms with Crippen LogP contribution in [0, 0.1) is 0 Å². The van der Waals surface area contributed by atoms with Gasteiger partial charge >= 0.3 is 0 Å². The van der Waals surface area contributed by atoms with Crippen molar-refractivity contribution in [3.63, 3.8) is 0 Å². The van der Waals surface area contributed by atoms with E-state index in [2.05, 4.69) is 15.6 Å². The maximum Gasteiger partial charge on any atom is 0.261 e. The summed E-state index contributed by atoms with van der Waals surface area (Å²) in [4.78, 5) is 16.8. The largest absolute Gasteiger partial charge is 0.370 e. The summed E-state index contributed by atoms with van der Waals surface area (Å²) in [6.07, 6.45) is 8.39. The van der Waals surface area contributed by atoms with Crippen LogP contribution in [-0.4, -0.2) is 31.0 Å². The number of hydrogen-bond acceptors (Lipinski definition) is 3. The van der Waals surface area contributed by atoms with E-state index >= 15 is 0 Å². The van der Waals surface area contributed by atoms with Gasteiger partial charge in [-0.25, -0.2) is 0 Å². The zero-order valence-electron chi connectivity index (χ0n) is 13.0. The van der Waals surface area contributed by atoms with Crippen molar-refractivity contribution in [1.82, 2.24) is 10.6 Å². The van der Waals surface area contributed by atoms with Gasteiger partial charge in [0.25, 0.3) is 5.91 Å². The van der Waals surface area contributed by atoms with Gasteiger partial charge in [0.05, 0.1) is 4.88 Å². The number of hydrogen-bond donors (Lipinski definition) is 3. The van der Waals surface area contributed by atoms with E-state index in [0.29, 0.717) is 25.1 Å². The summed E-state index contributed by atoms with van der Waals surface area (Å²) in [5, 5.41) is 8.11. The summed E-state index contributed by atoms with van der Waals surface area (Å²) in [5.74, 6) is 0.528. The van der Waals surface area contributed by atoms with Gasteiger partial charge in [0.2, 0.25) is 0 Å². The highest BCUT2D eigenvalue weighted by Crippen LogP contribution is 2.16. The summed E-state index contributed by atoms with van der Waals surface area (Å²) in [6, 6.07) is 4.18. The number of nitrogens with zero attached hydrogens (tertiary/aromatic N) is 1. The Bertz CT molecular complexity index is 465. The number of carbonyl (C=O) groups excluding carboxylic acids is 1. The van der Waals surface area contributed by atoms with E-state index in [-0.39, 0.29) is 5.91 Å². The van der Waals surface area contributed by atoms with Gasteiger partial charge in [0.15, 0.2) is 5.96 Å². The van der Waals surface area contributed by atoms with Crippen molar-refractivity contribution in [3.8, 4) is 0 Å². The summed E-state index contributed by atoms with van der Waals surface area (Å²) >= 11 is 1.45. The normalized spacial score (nSPS) is 17.0. The van der Waals surface area contributed by atoms with Gasteiger partial charge in [-0.05, 0) is 30.7 Å². The van der Waals surface area contributed by atoms with Crippen LogP contribution in [0.3, 0.4) is 0 Å². The minimum Gasteiger partial charge on any atom is -0.370 e. The molecule has 0 unspecified atom stereocenters. The fraction of sp³-hybridized carbons (Fsp3) is 0.625. The molecule has 1 heterocycles. The molecule has 1 aromatic heterocycles. The standard InChI is InChI=1S/C16H26N4OS/c17-16(20-13-7-3-1-2-4-8-13)19-11-6-10-18-15(21)14-9-5-12-22-14/h5,9,12-13H,1-4,6-8,10-11H2,(H,18,21)(H3,17,19,20). The van der Waals surface area contributed by atoms with Crippen LogP contribution in [0.5, 0.6) is 0 Å². The SMILES string of the molecule is NC(=NCCCNC(=O)c1cccs1)NC1CCCCCC1. The van der Waals surface area contributed by atoms with Gasteiger partial charge in [-0.15, -0.1) is 11.3 Å². The lowest BCUT2D eigenvalue weighted by Gasteiger charge is -2.16. The Kier molecular flexibility index (Phi) is 7.22. The smallest absolute Gasteiger partial charge is 0.261 e. The Hall–Kier alpha value is -1.56. The lowest BCUT2D eigenvalue weighted by molar-refractivity contribution is 0.0957. The van der Waals surface area contributed by atoms with E-state index in [1.54, 1.807) is 0 Å². The predicted molar refractivity (Wildman–Crippen MR) is 92.4 cm³/mol. The third kappa shape index (κ3) is 6.05. The van der Waals surface area contributed by atoms with Crippen molar-refractivity contribution in [2.75, 3.05) is 13.1 Å². The number of nitrogens with one attached hydrogen (secondary N) is 2. The molecular formula is C16H26N4OS. The Morgan fingerprint density at radius 1 is 1.32 bits per heavy atom. The van der Waals surface area contributed by atoms with E-state index < -0.39 is 0 Å². The summed E-state index contributed by atoms with van der Waals surface area (Å²) in [5.41, 5.74) is 5.93. The van der Waals surface area contributed by atoms with Gasteiger partial charge < -0.3 is 16.4 Å². The summed E-state index contributed by atoms with van der Waals surface area (Å²) in [6.45, 7) is 1.26. The monoisotopic (exact) mass is 322 g/mol. The first-order chi connectivity index (χ1) is 10.8. The fourth-order valence-corrected chi connectivity index (χ4v) is 3.29. The maximum absolute atomic E-state index is 11.7. The molecule has 0 aromatic carbocycles. The molecule has 122 valence electrons. The molecule has 0 spiro atoms. The zero-order valence-corrected chi connectivity index (χ0v) is 13.8. The Balaban J connectivity index is 1.59. The average Bonchev–Trinajstić information content (AvgIpc) is 2.93. The van der Waals surface area contributed by atoms with E-state index in [1.165, 1.54) is 49.9 Å². The molecule has 0 atom stereocenters. The number of nitrogens with two attached hydrogens (primary N) is 1. The van der Waals surface area contributed by atoms with Crippen LogP contribution in [0.25, 0.3) is 0 Å². The van der Waals surface area contributed by atoms with E-state index in [9.17, 15) is 4.79 Å². The van der Waals surface area contributed by atoms with Gasteiger partial charge in [0.1, 0.15) is 0 Å². The molecule has 1 aliphatic carbocycles. The van der Waals surface area contributed by atoms with Crippen molar-refractivity contribution in [1.29, 1.82) is 0 Å². The Morgan fingerprint density at radius 2 is 2.09 bits per heavy atom. The molecule has 1 saturated carbocycles. The quantitative estimate of drug-likeness (QED) is 0.326. The first-order valence-electron chi connectivity index (χ1n) is 8.14. The number of amides is 1. The van der Waals surface area contributed by atoms with Crippen molar-refractivity contribution < 1.29 is 4.79 Å². The molecule has 1 fully saturated rings. The van der Waals surface area contributed by atoms with Crippen molar-refractivity contribution in [3.05, 3.63) is 22.4 Å². The number of aliphatic imine (C=N–C) groups is 1. The lowest BCUT2D eigenvalue weighted by atomic mass is 10.1. The van der Waals surface area contributed by atoms with Crippen LogP contribution in [0.4, 0.5) is 0 Å². The van der Waals surface area contributed by atoms with Gasteiger partial charge in [-0.1, -0.05) is 31.7 Å². The second-order valence-corrected chi connectivity index (χ2v) is 6.63. The summed E-state index contributed by atoms with van der Waals surface area (Å²) in [7, 11) is 0. The summed E-state index contributed by atoms with van der Waals surface area (Å²) < 4.78 is 0. The molecule has 0 saturated heterocycles. The number of rotatable bonds is 6. The van der Waals surface area contributed by atoms with Crippen LogP contribution in [0.1, 0.15) is 54.6 Å². The highest BCUT2D eigenvalue weighted by atomic mass is 32.1. The molecule has 0 radical (unpaired) electrons. The van der Waals surface area contributed by atoms with Gasteiger partial charge in [-0.3, -0.25) is 9.79 Å². The molecule has 1 aromatic rings. The van der Waals surface area contributed by atoms with E-state index in [4.69, 9.17) is 5.73 Å². The van der Waals surface area contributed by atoms with Crippen molar-refractivity contribution in [2.24, 2.45) is 10.7 Å². The second-order valence-electron chi connectivity index (χ2n) is 5.69. The maximum atomic E-state index is 11.7. The third-order valence-electron chi connectivity index (χ3n) is 3.85. The molecular weight excluding hydrogens is 296 g/mol. The molecule has 4 N–H and O–H groups in total. The molecule has 5 nitrogen and oxygen atoms in total. The molecule has 22 heavy (non-hydrogen) atoms. The second kappa shape index (κ2) is 9.46. The Labute approximate surface area is 136 Å². The molecule has 0 bridgehead atoms. The highest BCUT2D eigenvalue weighted by molar-refractivity contribution is 7.12. The van der Waals surface area contributed by atoms with E-state index in [1.807, 2.05) is 17.5 Å². The molecule has 0 aliphatic heterocycles. The number of carbonyl (C=O) groups is 1. The predicted octanol–water partition coefficient (Wildman–Crippen LogP) is 2.50. The average molecular weight is 322 g/mol. The molecule has 2 rings (SSSR count). The first kappa shape index (κ1) is 16.8. The highest BCUT2D eigenvalue weighted by Gasteiger charge is 2.12. The van der Waals surface area contributed by atoms with Crippen LogP contribution in [-0.2, 0) is 0 Å². The Morgan fingerprint density at radius 3 is 2.77 bits per heavy atom. The molecule has 6 heteroatoms. The number of guanidine groups is 1. The van der Waals surface area contributed by atoms with E-state index in [0.717, 1.165) is 11.3 Å². The van der Waals surface area contributed by atoms with Crippen molar-refractivity contribution in [2.45, 2.75) is 51.0 Å².